The summed E-state index contributed by atoms with van der Waals surface area (Å²) in [6, 6.07) is 4.57. The molecule has 1 unspecified atom stereocenters. The Morgan fingerprint density at radius 1 is 1.10 bits per heavy atom. The molecule has 1 N–H and O–H groups in total. The molecule has 0 bridgehead atoms. The van der Waals surface area contributed by atoms with E-state index < -0.39 is 0 Å². The molecule has 0 amide bonds. The molecule has 2 aliphatic rings. The van der Waals surface area contributed by atoms with Crippen LogP contribution in [-0.2, 0) is 6.42 Å². The molecule has 3 rings (SSSR count). The first-order chi connectivity index (χ1) is 10.2. The molecule has 21 heavy (non-hydrogen) atoms. The molecule has 1 aromatic rings. The van der Waals surface area contributed by atoms with Gasteiger partial charge in [-0.1, -0.05) is 12.1 Å². The molecule has 1 aromatic carbocycles. The number of nitrogens with one attached hydrogen (secondary N) is 1. The Balaban J connectivity index is 1.78. The van der Waals surface area contributed by atoms with Gasteiger partial charge >= 0.3 is 0 Å². The third kappa shape index (κ3) is 3.60. The number of hydrogen-bond acceptors (Lipinski definition) is 2. The number of piperidine rings is 1. The lowest BCUT2D eigenvalue weighted by Crippen LogP contribution is -2.31. The molecule has 116 valence electrons. The average Bonchev–Trinajstić information content (AvgIpc) is 3.01. The lowest BCUT2D eigenvalue weighted by atomic mass is 9.90. The van der Waals surface area contributed by atoms with Crippen LogP contribution in [0.25, 0.3) is 0 Å². The second-order valence-corrected chi connectivity index (χ2v) is 6.94. The van der Waals surface area contributed by atoms with Gasteiger partial charge in [-0.15, -0.1) is 0 Å². The van der Waals surface area contributed by atoms with Crippen molar-refractivity contribution in [2.75, 3.05) is 13.1 Å². The summed E-state index contributed by atoms with van der Waals surface area (Å²) in [4.78, 5) is 0. The van der Waals surface area contributed by atoms with Crippen LogP contribution in [0.4, 0.5) is 0 Å². The van der Waals surface area contributed by atoms with Crippen LogP contribution in [0.1, 0.15) is 55.2 Å². The van der Waals surface area contributed by atoms with Gasteiger partial charge in [0, 0.05) is 0 Å². The van der Waals surface area contributed by atoms with E-state index in [9.17, 15) is 0 Å². The van der Waals surface area contributed by atoms with Crippen LogP contribution in [0.3, 0.4) is 0 Å². The van der Waals surface area contributed by atoms with Crippen LogP contribution in [-0.4, -0.2) is 19.2 Å². The standard InChI is InChI=1S/C19H29NO/c1-14-9-10-17(12-16-6-5-11-20-13-16)19(15(14)2)21-18-7-3-4-8-18/h9-10,16,18,20H,3-8,11-13H2,1-2H3. The first kappa shape index (κ1) is 14.9. The highest BCUT2D eigenvalue weighted by Crippen LogP contribution is 2.33. The predicted molar refractivity (Wildman–Crippen MR) is 88.1 cm³/mol. The van der Waals surface area contributed by atoms with E-state index in [4.69, 9.17) is 4.74 Å². The van der Waals surface area contributed by atoms with Crippen LogP contribution in [0, 0.1) is 19.8 Å². The van der Waals surface area contributed by atoms with E-state index in [2.05, 4.69) is 31.3 Å². The normalized spacial score (nSPS) is 23.4. The van der Waals surface area contributed by atoms with Gasteiger partial charge in [0.15, 0.2) is 0 Å². The minimum absolute atomic E-state index is 0.453. The Bertz CT molecular complexity index is 471. The molecule has 1 aliphatic heterocycles. The Labute approximate surface area is 129 Å². The Hall–Kier alpha value is -1.02. The number of benzene rings is 1. The lowest BCUT2D eigenvalue weighted by molar-refractivity contribution is 0.205. The van der Waals surface area contributed by atoms with E-state index >= 15 is 0 Å². The van der Waals surface area contributed by atoms with Gasteiger partial charge in [0.05, 0.1) is 6.10 Å². The first-order valence-corrected chi connectivity index (χ1v) is 8.70. The topological polar surface area (TPSA) is 21.3 Å². The molecule has 0 aromatic heterocycles. The fourth-order valence-electron chi connectivity index (χ4n) is 3.75. The molecule has 2 nitrogen and oxygen atoms in total. The van der Waals surface area contributed by atoms with Gasteiger partial charge < -0.3 is 10.1 Å². The zero-order chi connectivity index (χ0) is 14.7. The van der Waals surface area contributed by atoms with Crippen LogP contribution in [0.5, 0.6) is 5.75 Å². The second kappa shape index (κ2) is 6.83. The van der Waals surface area contributed by atoms with E-state index in [1.807, 2.05) is 0 Å². The summed E-state index contributed by atoms with van der Waals surface area (Å²) in [5, 5.41) is 3.53. The maximum absolute atomic E-state index is 6.44. The fraction of sp³-hybridized carbons (Fsp3) is 0.684. The molecular formula is C19H29NO. The average molecular weight is 287 g/mol. The zero-order valence-corrected chi connectivity index (χ0v) is 13.6. The molecule has 1 heterocycles. The smallest absolute Gasteiger partial charge is 0.126 e. The molecule has 1 saturated carbocycles. The molecule has 1 saturated heterocycles. The summed E-state index contributed by atoms with van der Waals surface area (Å²) >= 11 is 0. The van der Waals surface area contributed by atoms with Crippen LogP contribution < -0.4 is 10.1 Å². The summed E-state index contributed by atoms with van der Waals surface area (Å²) in [5.41, 5.74) is 4.13. The molecular weight excluding hydrogens is 258 g/mol. The second-order valence-electron chi connectivity index (χ2n) is 6.94. The highest BCUT2D eigenvalue weighted by atomic mass is 16.5. The number of hydrogen-bond donors (Lipinski definition) is 1. The van der Waals surface area contributed by atoms with Gasteiger partial charge in [-0.2, -0.15) is 0 Å². The predicted octanol–water partition coefficient (Wildman–Crippen LogP) is 4.17. The van der Waals surface area contributed by atoms with Crippen molar-refractivity contribution in [2.24, 2.45) is 5.92 Å². The van der Waals surface area contributed by atoms with E-state index in [0.29, 0.717) is 6.10 Å². The number of rotatable bonds is 4. The summed E-state index contributed by atoms with van der Waals surface area (Å²) in [7, 11) is 0. The summed E-state index contributed by atoms with van der Waals surface area (Å²) < 4.78 is 6.44. The highest BCUT2D eigenvalue weighted by molar-refractivity contribution is 5.45. The Morgan fingerprint density at radius 3 is 2.62 bits per heavy atom. The van der Waals surface area contributed by atoms with Gasteiger partial charge in [0.2, 0.25) is 0 Å². The maximum Gasteiger partial charge on any atom is 0.126 e. The van der Waals surface area contributed by atoms with Crippen molar-refractivity contribution in [3.05, 3.63) is 28.8 Å². The molecule has 0 spiro atoms. The number of aryl methyl sites for hydroxylation is 1. The van der Waals surface area contributed by atoms with Crippen molar-refractivity contribution < 1.29 is 4.74 Å². The maximum atomic E-state index is 6.44. The van der Waals surface area contributed by atoms with E-state index in [1.165, 1.54) is 67.5 Å². The highest BCUT2D eigenvalue weighted by Gasteiger charge is 2.22. The van der Waals surface area contributed by atoms with Gasteiger partial charge in [-0.05, 0) is 94.5 Å². The number of ether oxygens (including phenoxy) is 1. The van der Waals surface area contributed by atoms with Crippen molar-refractivity contribution in [2.45, 2.75) is 64.9 Å². The monoisotopic (exact) mass is 287 g/mol. The fourth-order valence-corrected chi connectivity index (χ4v) is 3.75. The SMILES string of the molecule is Cc1ccc(CC2CCCNC2)c(OC2CCCC2)c1C. The minimum Gasteiger partial charge on any atom is -0.490 e. The third-order valence-electron chi connectivity index (χ3n) is 5.25. The third-order valence-corrected chi connectivity index (χ3v) is 5.25. The quantitative estimate of drug-likeness (QED) is 0.897. The van der Waals surface area contributed by atoms with Crippen molar-refractivity contribution >= 4 is 0 Å². The molecule has 2 fully saturated rings. The Kier molecular flexibility index (Phi) is 4.84. The van der Waals surface area contributed by atoms with Gasteiger partial charge in [0.1, 0.15) is 5.75 Å². The Morgan fingerprint density at radius 2 is 1.90 bits per heavy atom. The van der Waals surface area contributed by atoms with Crippen molar-refractivity contribution in [1.29, 1.82) is 0 Å². The van der Waals surface area contributed by atoms with Gasteiger partial charge in [-0.3, -0.25) is 0 Å². The summed E-state index contributed by atoms with van der Waals surface area (Å²) in [5.74, 6) is 1.97. The van der Waals surface area contributed by atoms with Gasteiger partial charge in [0.25, 0.3) is 0 Å². The first-order valence-electron chi connectivity index (χ1n) is 8.70. The van der Waals surface area contributed by atoms with Crippen LogP contribution in [0.15, 0.2) is 12.1 Å². The summed E-state index contributed by atoms with van der Waals surface area (Å²) in [6.07, 6.45) is 9.41. The van der Waals surface area contributed by atoms with Crippen molar-refractivity contribution in [3.8, 4) is 5.75 Å². The van der Waals surface area contributed by atoms with E-state index in [1.54, 1.807) is 0 Å². The molecule has 0 radical (unpaired) electrons. The van der Waals surface area contributed by atoms with Crippen molar-refractivity contribution in [1.82, 2.24) is 5.32 Å². The van der Waals surface area contributed by atoms with E-state index in [0.717, 1.165) is 18.9 Å². The minimum atomic E-state index is 0.453. The summed E-state index contributed by atoms with van der Waals surface area (Å²) in [6.45, 7) is 6.77. The van der Waals surface area contributed by atoms with Crippen LogP contribution >= 0.6 is 0 Å². The van der Waals surface area contributed by atoms with Crippen LogP contribution in [0.2, 0.25) is 0 Å². The lowest BCUT2D eigenvalue weighted by Gasteiger charge is -2.25. The zero-order valence-electron chi connectivity index (χ0n) is 13.6. The molecule has 1 atom stereocenters. The molecule has 1 aliphatic carbocycles. The van der Waals surface area contributed by atoms with Crippen molar-refractivity contribution in [3.63, 3.8) is 0 Å². The van der Waals surface area contributed by atoms with E-state index in [-0.39, 0.29) is 0 Å². The largest absolute Gasteiger partial charge is 0.490 e. The van der Waals surface area contributed by atoms with Gasteiger partial charge in [-0.25, -0.2) is 0 Å². The molecule has 2 heteroatoms.